The fraction of sp³-hybridized carbons (Fsp3) is 1.00. The fourth-order valence-corrected chi connectivity index (χ4v) is 0.816. The van der Waals surface area contributed by atoms with Gasteiger partial charge in [0, 0.05) is 10.5 Å². The predicted octanol–water partition coefficient (Wildman–Crippen LogP) is 1.33. The first-order valence-electron chi connectivity index (χ1n) is 4.52. The summed E-state index contributed by atoms with van der Waals surface area (Å²) in [5.41, 5.74) is 0. The third-order valence-corrected chi connectivity index (χ3v) is 3.79. The van der Waals surface area contributed by atoms with Crippen LogP contribution in [0, 0.1) is 0 Å². The van der Waals surface area contributed by atoms with Gasteiger partial charge in [-0.25, -0.2) is 0 Å². The second kappa shape index (κ2) is 12.9. The van der Waals surface area contributed by atoms with Gasteiger partial charge in [0.1, 0.15) is 0 Å². The minimum absolute atomic E-state index is 0. The summed E-state index contributed by atoms with van der Waals surface area (Å²) in [7, 11) is 0. The Labute approximate surface area is 110 Å². The van der Waals surface area contributed by atoms with Gasteiger partial charge >= 0.3 is 19.5 Å². The molecule has 0 bridgehead atoms. The van der Waals surface area contributed by atoms with Crippen molar-refractivity contribution in [1.82, 2.24) is 0 Å². The first kappa shape index (κ1) is 21.2. The van der Waals surface area contributed by atoms with Crippen LogP contribution in [0.5, 0.6) is 0 Å². The van der Waals surface area contributed by atoms with Crippen molar-refractivity contribution in [3.05, 3.63) is 0 Å². The standard InChI is InChI=1S/2C4H10O2S.Zn/c2*1-3-4(2)7(5)6;/h2*4H,3H2,1-2H3,(H,5,6);/q;;+2/p-2. The van der Waals surface area contributed by atoms with E-state index in [4.69, 9.17) is 0 Å². The summed E-state index contributed by atoms with van der Waals surface area (Å²) in [6.45, 7) is 7.06. The van der Waals surface area contributed by atoms with Crippen molar-refractivity contribution in [3.63, 3.8) is 0 Å². The summed E-state index contributed by atoms with van der Waals surface area (Å²) in [6, 6.07) is 0. The SMILES string of the molecule is CCC(C)S(=O)[O-].CCC(C)S(=O)[O-].[Zn+2]. The van der Waals surface area contributed by atoms with E-state index >= 15 is 0 Å². The van der Waals surface area contributed by atoms with Gasteiger partial charge in [0.15, 0.2) is 0 Å². The smallest absolute Gasteiger partial charge is 0.772 e. The minimum Gasteiger partial charge on any atom is -0.772 e. The molecule has 7 heteroatoms. The molecule has 0 saturated heterocycles. The summed E-state index contributed by atoms with van der Waals surface area (Å²) >= 11 is -3.72. The van der Waals surface area contributed by atoms with Crippen LogP contribution in [-0.4, -0.2) is 28.0 Å². The van der Waals surface area contributed by atoms with E-state index in [2.05, 4.69) is 0 Å². The van der Waals surface area contributed by atoms with Crippen LogP contribution in [0.15, 0.2) is 0 Å². The van der Waals surface area contributed by atoms with E-state index in [1.807, 2.05) is 13.8 Å². The summed E-state index contributed by atoms with van der Waals surface area (Å²) in [5, 5.41) is -0.361. The molecule has 0 radical (unpaired) electrons. The second-order valence-electron chi connectivity index (χ2n) is 2.96. The number of hydrogen-bond acceptors (Lipinski definition) is 4. The van der Waals surface area contributed by atoms with Gasteiger partial charge < -0.3 is 9.11 Å². The van der Waals surface area contributed by atoms with Crippen molar-refractivity contribution >= 4 is 22.2 Å². The van der Waals surface area contributed by atoms with E-state index < -0.39 is 22.2 Å². The topological polar surface area (TPSA) is 80.3 Å². The molecule has 4 nitrogen and oxygen atoms in total. The summed E-state index contributed by atoms with van der Waals surface area (Å²) in [5.74, 6) is 0. The molecule has 0 heterocycles. The van der Waals surface area contributed by atoms with Crippen LogP contribution in [0.2, 0.25) is 0 Å². The molecule has 0 rings (SSSR count). The molecule has 4 atom stereocenters. The van der Waals surface area contributed by atoms with Crippen molar-refractivity contribution in [2.75, 3.05) is 0 Å². The van der Waals surface area contributed by atoms with Crippen LogP contribution in [0.1, 0.15) is 40.5 Å². The van der Waals surface area contributed by atoms with Gasteiger partial charge in [-0.2, -0.15) is 0 Å². The average molecular weight is 308 g/mol. The molecule has 0 aromatic carbocycles. The van der Waals surface area contributed by atoms with Crippen LogP contribution < -0.4 is 0 Å². The van der Waals surface area contributed by atoms with Gasteiger partial charge in [0.05, 0.1) is 0 Å². The third-order valence-electron chi connectivity index (χ3n) is 1.81. The monoisotopic (exact) mass is 306 g/mol. The first-order valence-corrected chi connectivity index (χ1v) is 6.80. The molecule has 0 spiro atoms. The average Bonchev–Trinajstić information content (AvgIpc) is 2.15. The minimum atomic E-state index is -1.86. The normalized spacial score (nSPS) is 17.5. The maximum absolute atomic E-state index is 9.93. The summed E-state index contributed by atoms with van der Waals surface area (Å²) in [4.78, 5) is 0. The molecule has 0 aromatic rings. The van der Waals surface area contributed by atoms with E-state index in [0.29, 0.717) is 12.8 Å². The van der Waals surface area contributed by atoms with Crippen LogP contribution in [-0.2, 0) is 41.6 Å². The molecule has 0 aliphatic rings. The second-order valence-corrected chi connectivity index (χ2v) is 5.61. The van der Waals surface area contributed by atoms with Crippen molar-refractivity contribution in [1.29, 1.82) is 0 Å². The van der Waals surface area contributed by atoms with Gasteiger partial charge in [0.25, 0.3) is 0 Å². The van der Waals surface area contributed by atoms with E-state index in [0.717, 1.165) is 0 Å². The zero-order chi connectivity index (χ0) is 11.7. The van der Waals surface area contributed by atoms with Gasteiger partial charge in [0.2, 0.25) is 0 Å². The molecule has 0 aromatic heterocycles. The molecule has 0 amide bonds. The molecule has 0 fully saturated rings. The maximum Gasteiger partial charge on any atom is 2.00 e. The Balaban J connectivity index is -0.000000180. The predicted molar refractivity (Wildman–Crippen MR) is 57.3 cm³/mol. The van der Waals surface area contributed by atoms with Crippen molar-refractivity contribution in [2.24, 2.45) is 0 Å². The van der Waals surface area contributed by atoms with Gasteiger partial charge in [-0.15, -0.1) is 0 Å². The molecular formula is C8H18O4S2Zn. The molecule has 0 N–H and O–H groups in total. The summed E-state index contributed by atoms with van der Waals surface area (Å²) < 4.78 is 39.7. The number of hydrogen-bond donors (Lipinski definition) is 0. The largest absolute Gasteiger partial charge is 2.00 e. The van der Waals surface area contributed by atoms with E-state index in [1.165, 1.54) is 0 Å². The van der Waals surface area contributed by atoms with Gasteiger partial charge in [-0.3, -0.25) is 8.42 Å². The molecule has 0 aliphatic carbocycles. The van der Waals surface area contributed by atoms with Crippen molar-refractivity contribution in [3.8, 4) is 0 Å². The molecular weight excluding hydrogens is 290 g/mol. The molecule has 15 heavy (non-hydrogen) atoms. The zero-order valence-corrected chi connectivity index (χ0v) is 14.3. The molecule has 88 valence electrons. The Morgan fingerprint density at radius 1 is 0.933 bits per heavy atom. The Kier molecular flexibility index (Phi) is 18.2. The Hall–Kier alpha value is 0.843. The van der Waals surface area contributed by atoms with Crippen molar-refractivity contribution in [2.45, 2.75) is 51.0 Å². The molecule has 0 saturated carbocycles. The van der Waals surface area contributed by atoms with Crippen LogP contribution >= 0.6 is 0 Å². The summed E-state index contributed by atoms with van der Waals surface area (Å²) in [6.07, 6.45) is 1.41. The van der Waals surface area contributed by atoms with E-state index in [9.17, 15) is 17.5 Å². The fourth-order valence-electron chi connectivity index (χ4n) is 0.272. The van der Waals surface area contributed by atoms with Crippen LogP contribution in [0.4, 0.5) is 0 Å². The Morgan fingerprint density at radius 2 is 1.13 bits per heavy atom. The van der Waals surface area contributed by atoms with Gasteiger partial charge in [-0.05, 0) is 12.8 Å². The maximum atomic E-state index is 9.93. The van der Waals surface area contributed by atoms with E-state index in [1.54, 1.807) is 13.8 Å². The molecule has 0 aliphatic heterocycles. The quantitative estimate of drug-likeness (QED) is 0.579. The van der Waals surface area contributed by atoms with Crippen LogP contribution in [0.3, 0.4) is 0 Å². The third kappa shape index (κ3) is 14.8. The Bertz CT molecular complexity index is 169. The van der Waals surface area contributed by atoms with Gasteiger partial charge in [-0.1, -0.05) is 49.9 Å². The Morgan fingerprint density at radius 3 is 1.13 bits per heavy atom. The van der Waals surface area contributed by atoms with Crippen LogP contribution in [0.25, 0.3) is 0 Å². The van der Waals surface area contributed by atoms with E-state index in [-0.39, 0.29) is 30.0 Å². The first-order chi connectivity index (χ1) is 6.36. The zero-order valence-electron chi connectivity index (χ0n) is 9.73. The number of rotatable bonds is 4. The molecule has 4 unspecified atom stereocenters. The van der Waals surface area contributed by atoms with Crippen molar-refractivity contribution < 1.29 is 37.0 Å².